The Balaban J connectivity index is 0.000000384. The summed E-state index contributed by atoms with van der Waals surface area (Å²) >= 11 is 0. The van der Waals surface area contributed by atoms with E-state index < -0.39 is 24.3 Å². The van der Waals surface area contributed by atoms with Crippen LogP contribution in [0.5, 0.6) is 0 Å². The first-order valence-electron chi connectivity index (χ1n) is 12.9. The van der Waals surface area contributed by atoms with E-state index in [0.29, 0.717) is 5.82 Å². The molecule has 2 aromatic carbocycles. The SMILES string of the molecule is O=C(O)C(F)(F)F.O=C(O)C(F)(F)F.O=c1cc(CCc2ccccc2)nc(-c2ccc(CN3CCCNCC3)cc2)[nH]1. The minimum absolute atomic E-state index is 0.0980. The average molecular weight is 617 g/mol. The Morgan fingerprint density at radius 2 is 1.40 bits per heavy atom. The lowest BCUT2D eigenvalue weighted by molar-refractivity contribution is -0.193. The molecule has 1 aliphatic rings. The third kappa shape index (κ3) is 13.5. The molecule has 4 rings (SSSR count). The van der Waals surface area contributed by atoms with Crippen LogP contribution in [-0.4, -0.2) is 75.6 Å². The highest BCUT2D eigenvalue weighted by Gasteiger charge is 2.38. The van der Waals surface area contributed by atoms with Crippen LogP contribution in [0.3, 0.4) is 0 Å². The van der Waals surface area contributed by atoms with Gasteiger partial charge in [0.25, 0.3) is 5.56 Å². The lowest BCUT2D eigenvalue weighted by Gasteiger charge is -2.19. The van der Waals surface area contributed by atoms with Gasteiger partial charge in [-0.1, -0.05) is 54.6 Å². The van der Waals surface area contributed by atoms with Gasteiger partial charge in [0.05, 0.1) is 0 Å². The summed E-state index contributed by atoms with van der Waals surface area (Å²) in [5.74, 6) is -4.87. The van der Waals surface area contributed by atoms with Crippen molar-refractivity contribution < 1.29 is 46.1 Å². The molecule has 2 heterocycles. The number of benzene rings is 2. The largest absolute Gasteiger partial charge is 0.490 e. The van der Waals surface area contributed by atoms with Crippen molar-refractivity contribution in [2.45, 2.75) is 38.2 Å². The predicted octanol–water partition coefficient (Wildman–Crippen LogP) is 4.28. The van der Waals surface area contributed by atoms with E-state index >= 15 is 0 Å². The number of aromatic nitrogens is 2. The predicted molar refractivity (Wildman–Crippen MR) is 144 cm³/mol. The van der Waals surface area contributed by atoms with E-state index in [1.807, 2.05) is 18.2 Å². The zero-order chi connectivity index (χ0) is 32.0. The highest BCUT2D eigenvalue weighted by molar-refractivity contribution is 5.73. The van der Waals surface area contributed by atoms with Crippen molar-refractivity contribution in [1.29, 1.82) is 0 Å². The smallest absolute Gasteiger partial charge is 0.475 e. The monoisotopic (exact) mass is 616 g/mol. The number of alkyl halides is 6. The van der Waals surface area contributed by atoms with Gasteiger partial charge in [-0.3, -0.25) is 9.69 Å². The second-order valence-electron chi connectivity index (χ2n) is 9.25. The fourth-order valence-corrected chi connectivity index (χ4v) is 3.78. The van der Waals surface area contributed by atoms with E-state index in [1.165, 1.54) is 17.5 Å². The highest BCUT2D eigenvalue weighted by atomic mass is 19.4. The summed E-state index contributed by atoms with van der Waals surface area (Å²) in [7, 11) is 0. The molecule has 4 N–H and O–H groups in total. The van der Waals surface area contributed by atoms with Crippen LogP contribution in [0.4, 0.5) is 26.3 Å². The number of hydrogen-bond acceptors (Lipinski definition) is 6. The van der Waals surface area contributed by atoms with Gasteiger partial charge in [-0.25, -0.2) is 14.6 Å². The Hall–Kier alpha value is -4.24. The Morgan fingerprint density at radius 3 is 1.95 bits per heavy atom. The molecule has 234 valence electrons. The van der Waals surface area contributed by atoms with E-state index in [9.17, 15) is 31.1 Å². The summed E-state index contributed by atoms with van der Waals surface area (Å²) < 4.78 is 63.5. The topological polar surface area (TPSA) is 136 Å². The maximum atomic E-state index is 12.1. The minimum atomic E-state index is -5.08. The Labute approximate surface area is 242 Å². The van der Waals surface area contributed by atoms with Crippen LogP contribution < -0.4 is 10.9 Å². The molecule has 1 saturated heterocycles. The van der Waals surface area contributed by atoms with Crippen LogP contribution in [0.25, 0.3) is 11.4 Å². The first-order valence-corrected chi connectivity index (χ1v) is 12.9. The summed E-state index contributed by atoms with van der Waals surface area (Å²) in [5.41, 5.74) is 4.22. The molecule has 0 unspecified atom stereocenters. The molecule has 1 fully saturated rings. The summed E-state index contributed by atoms with van der Waals surface area (Å²) in [6, 6.07) is 20.3. The normalized spacial score (nSPS) is 13.9. The van der Waals surface area contributed by atoms with Gasteiger partial charge in [-0.05, 0) is 43.5 Å². The highest BCUT2D eigenvalue weighted by Crippen LogP contribution is 2.17. The molecule has 0 saturated carbocycles. The van der Waals surface area contributed by atoms with Crippen LogP contribution in [0.2, 0.25) is 0 Å². The molecule has 0 amide bonds. The Bertz CT molecular complexity index is 1330. The van der Waals surface area contributed by atoms with Crippen molar-refractivity contribution in [1.82, 2.24) is 20.2 Å². The van der Waals surface area contributed by atoms with Gasteiger partial charge in [-0.15, -0.1) is 0 Å². The quantitative estimate of drug-likeness (QED) is 0.302. The van der Waals surface area contributed by atoms with E-state index in [2.05, 4.69) is 51.6 Å². The van der Waals surface area contributed by atoms with Gasteiger partial charge < -0.3 is 20.5 Å². The first-order chi connectivity index (χ1) is 20.1. The number of rotatable bonds is 6. The standard InChI is InChI=1S/C24H28N4O.2C2HF3O2/c29-23-17-22(12-9-19-5-2-1-3-6-19)26-24(27-23)21-10-7-20(8-11-21)18-28-15-4-13-25-14-16-28;2*3-2(4,5)1(6)7/h1-3,5-8,10-11,17,25H,4,9,12-16,18H2,(H,26,27,29);2*(H,6,7). The van der Waals surface area contributed by atoms with Gasteiger partial charge in [0, 0.05) is 37.0 Å². The molecule has 3 aromatic rings. The van der Waals surface area contributed by atoms with Crippen molar-refractivity contribution in [2.75, 3.05) is 26.2 Å². The van der Waals surface area contributed by atoms with Gasteiger partial charge in [0.15, 0.2) is 0 Å². The number of aromatic amines is 1. The molecule has 0 atom stereocenters. The van der Waals surface area contributed by atoms with Crippen LogP contribution in [-0.2, 0) is 29.0 Å². The summed E-state index contributed by atoms with van der Waals surface area (Å²) in [6.07, 6.45) is -7.35. The third-order valence-electron chi connectivity index (χ3n) is 5.86. The van der Waals surface area contributed by atoms with Crippen molar-refractivity contribution >= 4 is 11.9 Å². The zero-order valence-corrected chi connectivity index (χ0v) is 22.7. The lowest BCUT2D eigenvalue weighted by Crippen LogP contribution is -2.27. The van der Waals surface area contributed by atoms with Crippen LogP contribution in [0.15, 0.2) is 65.5 Å². The van der Waals surface area contributed by atoms with Crippen molar-refractivity contribution in [2.24, 2.45) is 0 Å². The summed E-state index contributed by atoms with van der Waals surface area (Å²) in [5, 5.41) is 17.7. The molecular weight excluding hydrogens is 586 g/mol. The molecule has 1 aromatic heterocycles. The van der Waals surface area contributed by atoms with Crippen LogP contribution >= 0.6 is 0 Å². The fourth-order valence-electron chi connectivity index (χ4n) is 3.78. The molecule has 0 spiro atoms. The number of nitrogens with one attached hydrogen (secondary N) is 2. The second-order valence-corrected chi connectivity index (χ2v) is 9.25. The Kier molecular flexibility index (Phi) is 13.3. The number of nitrogens with zero attached hydrogens (tertiary/aromatic N) is 2. The molecule has 0 bridgehead atoms. The number of hydrogen-bond donors (Lipinski definition) is 4. The fraction of sp³-hybridized carbons (Fsp3) is 0.357. The first kappa shape index (κ1) is 35.0. The molecule has 0 radical (unpaired) electrons. The maximum Gasteiger partial charge on any atom is 0.490 e. The molecule has 1 aliphatic heterocycles. The number of aryl methyl sites for hydroxylation is 2. The zero-order valence-electron chi connectivity index (χ0n) is 22.7. The van der Waals surface area contributed by atoms with Crippen molar-refractivity contribution in [3.63, 3.8) is 0 Å². The van der Waals surface area contributed by atoms with Gasteiger partial charge in [0.2, 0.25) is 0 Å². The van der Waals surface area contributed by atoms with Gasteiger partial charge in [0.1, 0.15) is 5.82 Å². The lowest BCUT2D eigenvalue weighted by atomic mass is 10.1. The van der Waals surface area contributed by atoms with E-state index in [-0.39, 0.29) is 5.56 Å². The van der Waals surface area contributed by atoms with E-state index in [1.54, 1.807) is 6.07 Å². The Morgan fingerprint density at radius 1 is 0.814 bits per heavy atom. The molecule has 9 nitrogen and oxygen atoms in total. The number of carboxylic acids is 2. The van der Waals surface area contributed by atoms with E-state index in [4.69, 9.17) is 24.8 Å². The van der Waals surface area contributed by atoms with Gasteiger partial charge >= 0.3 is 24.3 Å². The van der Waals surface area contributed by atoms with Crippen molar-refractivity contribution in [3.8, 4) is 11.4 Å². The summed E-state index contributed by atoms with van der Waals surface area (Å²) in [4.78, 5) is 40.0. The number of carbonyl (C=O) groups is 2. The second kappa shape index (κ2) is 16.4. The van der Waals surface area contributed by atoms with Crippen LogP contribution in [0, 0.1) is 0 Å². The molecule has 15 heteroatoms. The minimum Gasteiger partial charge on any atom is -0.475 e. The molecular formula is C28H30F6N4O5. The van der Waals surface area contributed by atoms with Crippen LogP contribution in [0.1, 0.15) is 23.2 Å². The number of halogens is 6. The van der Waals surface area contributed by atoms with E-state index in [0.717, 1.165) is 56.8 Å². The third-order valence-corrected chi connectivity index (χ3v) is 5.86. The number of H-pyrrole nitrogens is 1. The molecule has 0 aliphatic carbocycles. The van der Waals surface area contributed by atoms with Gasteiger partial charge in [-0.2, -0.15) is 26.3 Å². The number of carboxylic acid groups (broad SMARTS) is 2. The van der Waals surface area contributed by atoms with Crippen molar-refractivity contribution in [3.05, 3.63) is 87.8 Å². The maximum absolute atomic E-state index is 12.1. The summed E-state index contributed by atoms with van der Waals surface area (Å²) in [6.45, 7) is 5.34. The molecule has 43 heavy (non-hydrogen) atoms. The number of aliphatic carboxylic acids is 2. The average Bonchev–Trinajstić information content (AvgIpc) is 3.21.